The number of thiophene rings is 1. The molecule has 4 heteroatoms. The third-order valence-corrected chi connectivity index (χ3v) is 13.6. The summed E-state index contributed by atoms with van der Waals surface area (Å²) >= 11 is 1.94. The van der Waals surface area contributed by atoms with Crippen molar-refractivity contribution in [3.05, 3.63) is 187 Å². The molecule has 0 aliphatic carbocycles. The standard InChI is InChI=1S/C51H35BN2S/c1-51(2)41-22-11-13-26-45(41)53-48-42(51)23-15-24-43(48)52-47-39(31-40-38-21-10-14-27-46(38)55-50(40)49(47)53)37-20-9-12-25-44(37)54(52)36-29-34(32-16-5-3-6-17-32)28-35(30-36)33-18-7-4-8-19-33/h3-31H,1-2H3. The largest absolute Gasteiger partial charge is 0.376 e. The number of nitrogens with zero attached hydrogens (tertiary/aromatic N) is 2. The van der Waals surface area contributed by atoms with Gasteiger partial charge in [-0.3, -0.25) is 0 Å². The van der Waals surface area contributed by atoms with Crippen molar-refractivity contribution < 1.29 is 0 Å². The van der Waals surface area contributed by atoms with Gasteiger partial charge in [-0.2, -0.15) is 0 Å². The van der Waals surface area contributed by atoms with Gasteiger partial charge < -0.3 is 9.71 Å². The van der Waals surface area contributed by atoms with Crippen molar-refractivity contribution in [2.24, 2.45) is 0 Å². The number of benzene rings is 8. The molecule has 2 nitrogen and oxygen atoms in total. The van der Waals surface area contributed by atoms with E-state index in [2.05, 4.69) is 199 Å². The van der Waals surface area contributed by atoms with E-state index in [0.29, 0.717) is 0 Å². The van der Waals surface area contributed by atoms with Crippen LogP contribution in [0.15, 0.2) is 176 Å². The van der Waals surface area contributed by atoms with E-state index in [1.54, 1.807) is 0 Å². The Morgan fingerprint density at radius 1 is 0.491 bits per heavy atom. The van der Waals surface area contributed by atoms with Crippen LogP contribution in [-0.4, -0.2) is 6.85 Å². The molecule has 8 aromatic carbocycles. The summed E-state index contributed by atoms with van der Waals surface area (Å²) in [5.41, 5.74) is 19.1. The molecule has 0 spiro atoms. The molecule has 0 N–H and O–H groups in total. The first-order valence-corrected chi connectivity index (χ1v) is 20.0. The molecule has 0 atom stereocenters. The molecule has 55 heavy (non-hydrogen) atoms. The molecule has 4 heterocycles. The molecule has 0 unspecified atom stereocenters. The predicted molar refractivity (Wildman–Crippen MR) is 236 cm³/mol. The number of rotatable bonds is 3. The lowest BCUT2D eigenvalue weighted by Gasteiger charge is -2.50. The smallest absolute Gasteiger partial charge is 0.333 e. The molecule has 0 bridgehead atoms. The summed E-state index contributed by atoms with van der Waals surface area (Å²) in [6.45, 7) is 4.75. The summed E-state index contributed by atoms with van der Waals surface area (Å²) < 4.78 is 2.67. The van der Waals surface area contributed by atoms with Gasteiger partial charge in [0.2, 0.25) is 0 Å². The fourth-order valence-corrected chi connectivity index (χ4v) is 11.1. The van der Waals surface area contributed by atoms with E-state index < -0.39 is 0 Å². The van der Waals surface area contributed by atoms with Gasteiger partial charge >= 0.3 is 6.85 Å². The van der Waals surface area contributed by atoms with Gasteiger partial charge in [-0.05, 0) is 92.3 Å². The van der Waals surface area contributed by atoms with Gasteiger partial charge in [0.25, 0.3) is 0 Å². The Bertz CT molecular complexity index is 2980. The summed E-state index contributed by atoms with van der Waals surface area (Å²) in [5, 5.41) is 2.66. The monoisotopic (exact) mass is 718 g/mol. The molecule has 9 aromatic rings. The highest BCUT2D eigenvalue weighted by molar-refractivity contribution is 7.26. The predicted octanol–water partition coefficient (Wildman–Crippen LogP) is 12.7. The molecule has 0 radical (unpaired) electrons. The Kier molecular flexibility index (Phi) is 6.40. The number of para-hydroxylation sites is 3. The van der Waals surface area contributed by atoms with Crippen molar-refractivity contribution in [3.63, 3.8) is 0 Å². The van der Waals surface area contributed by atoms with Crippen LogP contribution >= 0.6 is 11.3 Å². The Morgan fingerprint density at radius 3 is 1.89 bits per heavy atom. The first-order valence-electron chi connectivity index (χ1n) is 19.2. The van der Waals surface area contributed by atoms with E-state index in [4.69, 9.17) is 0 Å². The van der Waals surface area contributed by atoms with Crippen LogP contribution in [0.5, 0.6) is 0 Å². The number of hydrogen-bond acceptors (Lipinski definition) is 3. The first kappa shape index (κ1) is 31.0. The lowest BCUT2D eigenvalue weighted by Crippen LogP contribution is -2.62. The summed E-state index contributed by atoms with van der Waals surface area (Å²) in [4.78, 5) is 5.32. The van der Waals surface area contributed by atoms with Gasteiger partial charge in [-0.25, -0.2) is 0 Å². The highest BCUT2D eigenvalue weighted by Crippen LogP contribution is 2.57. The SMILES string of the molecule is CC1(C)c2ccccc2N2c3c(cccc31)B1c3c(cc4c(sc5ccccc54)c32)-c2ccccc2N1c1cc(-c2ccccc2)cc(-c2ccccc2)c1. The van der Waals surface area contributed by atoms with E-state index in [1.165, 1.54) is 104 Å². The van der Waals surface area contributed by atoms with Crippen LogP contribution in [-0.2, 0) is 5.41 Å². The highest BCUT2D eigenvalue weighted by atomic mass is 32.1. The lowest BCUT2D eigenvalue weighted by molar-refractivity contribution is 0.632. The Labute approximate surface area is 325 Å². The maximum Gasteiger partial charge on any atom is 0.333 e. The average Bonchev–Trinajstić information content (AvgIpc) is 3.62. The zero-order valence-electron chi connectivity index (χ0n) is 30.6. The van der Waals surface area contributed by atoms with Crippen molar-refractivity contribution in [3.8, 4) is 33.4 Å². The van der Waals surface area contributed by atoms with Gasteiger partial charge in [-0.1, -0.05) is 147 Å². The lowest BCUT2D eigenvalue weighted by atomic mass is 9.42. The molecule has 0 saturated heterocycles. The summed E-state index contributed by atoms with van der Waals surface area (Å²) in [6, 6.07) is 65.7. The normalized spacial score (nSPS) is 14.4. The minimum absolute atomic E-state index is 0.0589. The third kappa shape index (κ3) is 4.26. The van der Waals surface area contributed by atoms with Gasteiger partial charge in [0.1, 0.15) is 0 Å². The van der Waals surface area contributed by atoms with Crippen LogP contribution in [0.1, 0.15) is 25.0 Å². The molecular weight excluding hydrogens is 683 g/mol. The molecule has 0 fully saturated rings. The molecule has 12 rings (SSSR count). The van der Waals surface area contributed by atoms with Crippen molar-refractivity contribution in [2.45, 2.75) is 19.3 Å². The minimum Gasteiger partial charge on any atom is -0.376 e. The first-order chi connectivity index (χ1) is 27.1. The van der Waals surface area contributed by atoms with E-state index in [-0.39, 0.29) is 12.3 Å². The van der Waals surface area contributed by atoms with Crippen molar-refractivity contribution in [1.82, 2.24) is 0 Å². The fourth-order valence-electron chi connectivity index (χ4n) is 9.92. The molecule has 0 amide bonds. The van der Waals surface area contributed by atoms with Crippen molar-refractivity contribution >= 4 is 77.7 Å². The molecule has 3 aliphatic rings. The second-order valence-corrected chi connectivity index (χ2v) is 16.7. The van der Waals surface area contributed by atoms with Crippen LogP contribution in [0.2, 0.25) is 0 Å². The van der Waals surface area contributed by atoms with Gasteiger partial charge in [-0.15, -0.1) is 11.3 Å². The van der Waals surface area contributed by atoms with E-state index in [1.807, 2.05) is 11.3 Å². The van der Waals surface area contributed by atoms with E-state index in [9.17, 15) is 0 Å². The van der Waals surface area contributed by atoms with Gasteiger partial charge in [0.05, 0.1) is 16.1 Å². The van der Waals surface area contributed by atoms with Crippen LogP contribution < -0.4 is 20.6 Å². The van der Waals surface area contributed by atoms with Crippen LogP contribution in [0, 0.1) is 0 Å². The molecular formula is C51H35BN2S. The Hall–Kier alpha value is -6.36. The van der Waals surface area contributed by atoms with Crippen LogP contribution in [0.25, 0.3) is 53.6 Å². The van der Waals surface area contributed by atoms with Crippen LogP contribution in [0.3, 0.4) is 0 Å². The number of anilines is 5. The van der Waals surface area contributed by atoms with Crippen LogP contribution in [0.4, 0.5) is 28.4 Å². The number of fused-ring (bicyclic) bond motifs is 10. The zero-order chi connectivity index (χ0) is 36.4. The third-order valence-electron chi connectivity index (χ3n) is 12.4. The zero-order valence-corrected chi connectivity index (χ0v) is 31.4. The summed E-state index contributed by atoms with van der Waals surface area (Å²) in [5.74, 6) is 0. The average molecular weight is 719 g/mol. The molecule has 3 aliphatic heterocycles. The van der Waals surface area contributed by atoms with Gasteiger partial charge in [0, 0.05) is 43.5 Å². The summed E-state index contributed by atoms with van der Waals surface area (Å²) in [6.07, 6.45) is 0. The quantitative estimate of drug-likeness (QED) is 0.168. The van der Waals surface area contributed by atoms with E-state index >= 15 is 0 Å². The van der Waals surface area contributed by atoms with Gasteiger partial charge in [0.15, 0.2) is 0 Å². The molecule has 0 saturated carbocycles. The second-order valence-electron chi connectivity index (χ2n) is 15.7. The number of hydrogen-bond donors (Lipinski definition) is 0. The maximum absolute atomic E-state index is 2.67. The van der Waals surface area contributed by atoms with Crippen molar-refractivity contribution in [2.75, 3.05) is 9.71 Å². The fraction of sp³-hybridized carbons (Fsp3) is 0.0588. The Balaban J connectivity index is 1.24. The molecule has 1 aromatic heterocycles. The summed E-state index contributed by atoms with van der Waals surface area (Å²) in [7, 11) is 0. The maximum atomic E-state index is 2.67. The second kappa shape index (κ2) is 11.3. The van der Waals surface area contributed by atoms with E-state index in [0.717, 1.165) is 0 Å². The molecule has 258 valence electrons. The Morgan fingerprint density at radius 2 is 1.13 bits per heavy atom. The minimum atomic E-state index is -0.183. The topological polar surface area (TPSA) is 6.48 Å². The highest BCUT2D eigenvalue weighted by Gasteiger charge is 2.50. The van der Waals surface area contributed by atoms with Crippen molar-refractivity contribution in [1.29, 1.82) is 0 Å².